The van der Waals surface area contributed by atoms with Gasteiger partial charge in [-0.2, -0.15) is 4.98 Å². The van der Waals surface area contributed by atoms with E-state index in [2.05, 4.69) is 20.0 Å². The lowest BCUT2D eigenvalue weighted by molar-refractivity contribution is 0.167. The van der Waals surface area contributed by atoms with Crippen LogP contribution in [0.4, 0.5) is 0 Å². The number of benzene rings is 2. The maximum absolute atomic E-state index is 5.98. The predicted molar refractivity (Wildman–Crippen MR) is 106 cm³/mol. The third kappa shape index (κ3) is 4.14. The lowest BCUT2D eigenvalue weighted by Crippen LogP contribution is -2.34. The number of likely N-dealkylation sites (tertiary alicyclic amines) is 1. The highest BCUT2D eigenvalue weighted by atomic mass is 16.5. The Hall–Kier alpha value is -3.19. The van der Waals surface area contributed by atoms with E-state index in [1.54, 1.807) is 0 Å². The summed E-state index contributed by atoms with van der Waals surface area (Å²) in [5, 5.41) is 4.03. The molecule has 2 aromatic heterocycles. The highest BCUT2D eigenvalue weighted by Gasteiger charge is 2.26. The molecule has 0 amide bonds. The molecule has 0 saturated carbocycles. The van der Waals surface area contributed by atoms with E-state index in [-0.39, 0.29) is 5.92 Å². The number of fused-ring (bicyclic) bond motifs is 1. The van der Waals surface area contributed by atoms with Crippen LogP contribution in [0, 0.1) is 0 Å². The van der Waals surface area contributed by atoms with Crippen LogP contribution in [0.2, 0.25) is 0 Å². The van der Waals surface area contributed by atoms with Gasteiger partial charge in [0.25, 0.3) is 0 Å². The molecule has 1 unspecified atom stereocenters. The van der Waals surface area contributed by atoms with E-state index < -0.39 is 0 Å². The largest absolute Gasteiger partial charge is 0.485 e. The van der Waals surface area contributed by atoms with Crippen LogP contribution >= 0.6 is 0 Å². The third-order valence-corrected chi connectivity index (χ3v) is 5.15. The van der Waals surface area contributed by atoms with Crippen molar-refractivity contribution in [1.29, 1.82) is 0 Å². The van der Waals surface area contributed by atoms with Crippen LogP contribution in [0.15, 0.2) is 63.5 Å². The second-order valence-electron chi connectivity index (χ2n) is 7.30. The number of piperidine rings is 1. The van der Waals surface area contributed by atoms with Gasteiger partial charge < -0.3 is 13.7 Å². The Bertz CT molecular complexity index is 1040. The summed E-state index contributed by atoms with van der Waals surface area (Å²) in [6, 6.07) is 17.5. The second kappa shape index (κ2) is 8.05. The van der Waals surface area contributed by atoms with Gasteiger partial charge in [-0.25, -0.2) is 4.98 Å². The maximum Gasteiger partial charge on any atom is 0.240 e. The highest BCUT2D eigenvalue weighted by molar-refractivity contribution is 5.72. The molecular formula is C22H22N4O3. The first-order chi connectivity index (χ1) is 14.3. The van der Waals surface area contributed by atoms with E-state index in [9.17, 15) is 0 Å². The van der Waals surface area contributed by atoms with Crippen molar-refractivity contribution in [3.63, 3.8) is 0 Å². The number of aromatic nitrogens is 3. The van der Waals surface area contributed by atoms with Crippen LogP contribution in [0.5, 0.6) is 5.75 Å². The van der Waals surface area contributed by atoms with E-state index in [0.717, 1.165) is 48.7 Å². The lowest BCUT2D eigenvalue weighted by Gasteiger charge is -2.29. The smallest absolute Gasteiger partial charge is 0.240 e. The third-order valence-electron chi connectivity index (χ3n) is 5.15. The summed E-state index contributed by atoms with van der Waals surface area (Å²) in [5.74, 6) is 3.04. The summed E-state index contributed by atoms with van der Waals surface area (Å²) < 4.78 is 17.1. The average Bonchev–Trinajstić information content (AvgIpc) is 3.40. The Labute approximate surface area is 168 Å². The number of hydrogen-bond donors (Lipinski definition) is 0. The zero-order chi connectivity index (χ0) is 19.5. The van der Waals surface area contributed by atoms with Crippen LogP contribution < -0.4 is 4.74 Å². The average molecular weight is 390 g/mol. The number of ether oxygens (including phenoxy) is 1. The zero-order valence-corrected chi connectivity index (χ0v) is 16.0. The summed E-state index contributed by atoms with van der Waals surface area (Å²) in [6.07, 6.45) is 2.16. The Balaban J connectivity index is 1.20. The van der Waals surface area contributed by atoms with Crippen molar-refractivity contribution in [3.8, 4) is 5.75 Å². The van der Waals surface area contributed by atoms with E-state index in [1.165, 1.54) is 0 Å². The van der Waals surface area contributed by atoms with Gasteiger partial charge in [0.1, 0.15) is 11.3 Å². The van der Waals surface area contributed by atoms with Gasteiger partial charge in [0, 0.05) is 12.5 Å². The van der Waals surface area contributed by atoms with Gasteiger partial charge >= 0.3 is 0 Å². The number of nitrogens with zero attached hydrogens (tertiary/aromatic N) is 4. The molecule has 0 radical (unpaired) electrons. The number of hydrogen-bond acceptors (Lipinski definition) is 7. The standard InChI is InChI=1S/C22H22N4O3/c1-2-8-17(9-3-1)27-15-20-24-21(29-25-20)14-26-12-6-7-16(13-26)22-23-18-10-4-5-11-19(18)28-22/h1-5,8-11,16H,6-7,12-15H2. The van der Waals surface area contributed by atoms with Gasteiger partial charge in [-0.3, -0.25) is 4.90 Å². The molecule has 1 saturated heterocycles. The molecule has 0 spiro atoms. The molecule has 4 aromatic rings. The van der Waals surface area contributed by atoms with Gasteiger partial charge in [-0.05, 0) is 43.7 Å². The van der Waals surface area contributed by atoms with Gasteiger partial charge in [0.2, 0.25) is 11.7 Å². The minimum atomic E-state index is 0.278. The summed E-state index contributed by atoms with van der Waals surface area (Å²) in [4.78, 5) is 11.5. The van der Waals surface area contributed by atoms with E-state index in [4.69, 9.17) is 13.7 Å². The van der Waals surface area contributed by atoms with E-state index >= 15 is 0 Å². The van der Waals surface area contributed by atoms with Crippen LogP contribution in [0.25, 0.3) is 11.1 Å². The first-order valence-electron chi connectivity index (χ1n) is 9.90. The maximum atomic E-state index is 5.98. The molecule has 7 heteroatoms. The lowest BCUT2D eigenvalue weighted by atomic mass is 9.98. The van der Waals surface area contributed by atoms with Crippen LogP contribution in [-0.4, -0.2) is 33.1 Å². The highest BCUT2D eigenvalue weighted by Crippen LogP contribution is 2.29. The molecule has 7 nitrogen and oxygen atoms in total. The first kappa shape index (κ1) is 17.9. The molecule has 0 N–H and O–H groups in total. The van der Waals surface area contributed by atoms with Crippen molar-refractivity contribution < 1.29 is 13.7 Å². The van der Waals surface area contributed by atoms with Gasteiger partial charge in [-0.15, -0.1) is 0 Å². The Morgan fingerprint density at radius 1 is 1.03 bits per heavy atom. The monoisotopic (exact) mass is 390 g/mol. The molecule has 1 fully saturated rings. The molecule has 1 aliphatic heterocycles. The van der Waals surface area contributed by atoms with Crippen molar-refractivity contribution in [2.75, 3.05) is 13.1 Å². The van der Waals surface area contributed by atoms with Crippen LogP contribution in [0.3, 0.4) is 0 Å². The summed E-state index contributed by atoms with van der Waals surface area (Å²) >= 11 is 0. The number of oxazole rings is 1. The van der Waals surface area contributed by atoms with Crippen molar-refractivity contribution in [2.45, 2.75) is 31.9 Å². The molecule has 1 aliphatic rings. The van der Waals surface area contributed by atoms with Crippen LogP contribution in [-0.2, 0) is 13.2 Å². The molecular weight excluding hydrogens is 368 g/mol. The molecule has 2 aromatic carbocycles. The topological polar surface area (TPSA) is 77.4 Å². The quantitative estimate of drug-likeness (QED) is 0.489. The van der Waals surface area contributed by atoms with Crippen molar-refractivity contribution in [2.24, 2.45) is 0 Å². The number of rotatable bonds is 6. The van der Waals surface area contributed by atoms with Crippen molar-refractivity contribution in [1.82, 2.24) is 20.0 Å². The van der Waals surface area contributed by atoms with Gasteiger partial charge in [-0.1, -0.05) is 35.5 Å². The Kier molecular flexibility index (Phi) is 4.96. The molecule has 0 aliphatic carbocycles. The normalized spacial score (nSPS) is 17.6. The van der Waals surface area contributed by atoms with E-state index in [0.29, 0.717) is 24.9 Å². The SMILES string of the molecule is c1ccc(OCc2noc(CN3CCCC(c4nc5ccccc5o4)C3)n2)cc1. The molecule has 5 rings (SSSR count). The van der Waals surface area contributed by atoms with Crippen molar-refractivity contribution >= 4 is 11.1 Å². The first-order valence-corrected chi connectivity index (χ1v) is 9.90. The molecule has 3 heterocycles. The van der Waals surface area contributed by atoms with Crippen LogP contribution in [0.1, 0.15) is 36.4 Å². The molecule has 1 atom stereocenters. The fourth-order valence-corrected chi connectivity index (χ4v) is 3.73. The van der Waals surface area contributed by atoms with Gasteiger partial charge in [0.05, 0.1) is 6.54 Å². The Morgan fingerprint density at radius 2 is 1.90 bits per heavy atom. The Morgan fingerprint density at radius 3 is 2.79 bits per heavy atom. The summed E-state index contributed by atoms with van der Waals surface area (Å²) in [6.45, 7) is 2.77. The van der Waals surface area contributed by atoms with Crippen molar-refractivity contribution in [3.05, 3.63) is 72.2 Å². The molecule has 29 heavy (non-hydrogen) atoms. The minimum absolute atomic E-state index is 0.278. The van der Waals surface area contributed by atoms with E-state index in [1.807, 2.05) is 54.6 Å². The fraction of sp³-hybridized carbons (Fsp3) is 0.318. The zero-order valence-electron chi connectivity index (χ0n) is 16.0. The fourth-order valence-electron chi connectivity index (χ4n) is 3.73. The summed E-state index contributed by atoms with van der Waals surface area (Å²) in [5.41, 5.74) is 1.76. The van der Waals surface area contributed by atoms with Gasteiger partial charge in [0.15, 0.2) is 18.1 Å². The number of para-hydroxylation sites is 3. The predicted octanol–water partition coefficient (Wildman–Crippen LogP) is 4.17. The minimum Gasteiger partial charge on any atom is -0.485 e. The molecule has 0 bridgehead atoms. The molecule has 148 valence electrons. The second-order valence-corrected chi connectivity index (χ2v) is 7.30. The summed E-state index contributed by atoms with van der Waals surface area (Å²) in [7, 11) is 0.